The van der Waals surface area contributed by atoms with E-state index in [1.54, 1.807) is 6.08 Å². The summed E-state index contributed by atoms with van der Waals surface area (Å²) in [6, 6.07) is 1.25. The van der Waals surface area contributed by atoms with E-state index in [0.29, 0.717) is 13.0 Å². The second-order valence-corrected chi connectivity index (χ2v) is 3.93. The summed E-state index contributed by atoms with van der Waals surface area (Å²) < 4.78 is 0. The van der Waals surface area contributed by atoms with Crippen LogP contribution in [0.5, 0.6) is 0 Å². The van der Waals surface area contributed by atoms with Crippen LogP contribution in [0.15, 0.2) is 18.3 Å². The fourth-order valence-electron chi connectivity index (χ4n) is 1.24. The van der Waals surface area contributed by atoms with Crippen molar-refractivity contribution in [1.82, 2.24) is 10.3 Å². The molecule has 1 aromatic heterocycles. The second-order valence-electron chi connectivity index (χ2n) is 3.49. The standard InChI is InChI=1S/C11H12ClN3O3/c1-8(16)13-5-3-2-4-10-11(15(17)18)6-9(12)7-14-10/h2,4,6-7H,3,5H2,1H3,(H,13,16). The molecule has 1 N–H and O–H groups in total. The van der Waals surface area contributed by atoms with Gasteiger partial charge < -0.3 is 5.32 Å². The number of hydrogen-bond donors (Lipinski definition) is 1. The van der Waals surface area contributed by atoms with Crippen LogP contribution in [-0.2, 0) is 4.79 Å². The average molecular weight is 270 g/mol. The second kappa shape index (κ2) is 6.70. The number of aromatic nitrogens is 1. The highest BCUT2D eigenvalue weighted by Crippen LogP contribution is 2.21. The van der Waals surface area contributed by atoms with Crippen molar-refractivity contribution in [3.05, 3.63) is 39.2 Å². The van der Waals surface area contributed by atoms with Crippen molar-refractivity contribution in [3.63, 3.8) is 0 Å². The summed E-state index contributed by atoms with van der Waals surface area (Å²) in [6.45, 7) is 1.91. The Balaban J connectivity index is 2.69. The van der Waals surface area contributed by atoms with Crippen LogP contribution in [0.1, 0.15) is 19.0 Å². The molecule has 0 saturated heterocycles. The van der Waals surface area contributed by atoms with Gasteiger partial charge in [0.2, 0.25) is 5.91 Å². The monoisotopic (exact) mass is 269 g/mol. The normalized spacial score (nSPS) is 10.6. The number of nitrogens with one attached hydrogen (secondary N) is 1. The van der Waals surface area contributed by atoms with E-state index < -0.39 is 4.92 Å². The van der Waals surface area contributed by atoms with E-state index in [-0.39, 0.29) is 22.3 Å². The van der Waals surface area contributed by atoms with Crippen LogP contribution in [0, 0.1) is 10.1 Å². The topological polar surface area (TPSA) is 85.1 Å². The van der Waals surface area contributed by atoms with Gasteiger partial charge in [-0.3, -0.25) is 14.9 Å². The van der Waals surface area contributed by atoms with Crippen LogP contribution in [0.2, 0.25) is 5.02 Å². The van der Waals surface area contributed by atoms with Gasteiger partial charge in [0.25, 0.3) is 5.69 Å². The van der Waals surface area contributed by atoms with E-state index in [1.165, 1.54) is 25.3 Å². The molecule has 7 heteroatoms. The summed E-state index contributed by atoms with van der Waals surface area (Å²) in [5.41, 5.74) is 0.102. The van der Waals surface area contributed by atoms with Crippen LogP contribution < -0.4 is 5.32 Å². The molecule has 0 radical (unpaired) electrons. The molecule has 0 aliphatic carbocycles. The first-order valence-electron chi connectivity index (χ1n) is 5.21. The van der Waals surface area contributed by atoms with E-state index in [9.17, 15) is 14.9 Å². The average Bonchev–Trinajstić information content (AvgIpc) is 2.29. The molecule has 1 heterocycles. The minimum atomic E-state index is -0.535. The lowest BCUT2D eigenvalue weighted by atomic mass is 10.2. The largest absolute Gasteiger partial charge is 0.356 e. The molecule has 0 aromatic carbocycles. The number of halogens is 1. The summed E-state index contributed by atoms with van der Waals surface area (Å²) in [5, 5.41) is 13.6. The zero-order valence-electron chi connectivity index (χ0n) is 9.72. The van der Waals surface area contributed by atoms with Gasteiger partial charge in [0.1, 0.15) is 5.69 Å². The first-order valence-corrected chi connectivity index (χ1v) is 5.59. The van der Waals surface area contributed by atoms with Crippen LogP contribution in [0.3, 0.4) is 0 Å². The molecule has 18 heavy (non-hydrogen) atoms. The van der Waals surface area contributed by atoms with Crippen molar-refractivity contribution in [3.8, 4) is 0 Å². The van der Waals surface area contributed by atoms with Gasteiger partial charge in [-0.25, -0.2) is 4.98 Å². The van der Waals surface area contributed by atoms with E-state index in [4.69, 9.17) is 11.6 Å². The fourth-order valence-corrected chi connectivity index (χ4v) is 1.39. The van der Waals surface area contributed by atoms with Gasteiger partial charge in [-0.2, -0.15) is 0 Å². The van der Waals surface area contributed by atoms with Gasteiger partial charge in [-0.1, -0.05) is 17.7 Å². The van der Waals surface area contributed by atoms with E-state index in [1.807, 2.05) is 0 Å². The van der Waals surface area contributed by atoms with Crippen molar-refractivity contribution < 1.29 is 9.72 Å². The number of nitrogens with zero attached hydrogens (tertiary/aromatic N) is 2. The number of carbonyl (C=O) groups excluding carboxylic acids is 1. The molecule has 1 aromatic rings. The molecule has 0 unspecified atom stereocenters. The SMILES string of the molecule is CC(=O)NCCC=Cc1ncc(Cl)cc1[N+](=O)[O-]. The minimum absolute atomic E-state index is 0.112. The Labute approximate surface area is 109 Å². The Kier molecular flexibility index (Phi) is 5.26. The molecular weight excluding hydrogens is 258 g/mol. The first kappa shape index (κ1) is 14.1. The highest BCUT2D eigenvalue weighted by molar-refractivity contribution is 6.30. The molecule has 0 bridgehead atoms. The third-order valence-electron chi connectivity index (χ3n) is 2.02. The van der Waals surface area contributed by atoms with Gasteiger partial charge >= 0.3 is 0 Å². The van der Waals surface area contributed by atoms with E-state index in [0.717, 1.165) is 0 Å². The quantitative estimate of drug-likeness (QED) is 0.504. The van der Waals surface area contributed by atoms with Crippen molar-refractivity contribution >= 4 is 29.3 Å². The number of carbonyl (C=O) groups is 1. The lowest BCUT2D eigenvalue weighted by molar-refractivity contribution is -0.385. The molecule has 0 spiro atoms. The molecule has 0 saturated carbocycles. The van der Waals surface area contributed by atoms with Crippen molar-refractivity contribution in [2.45, 2.75) is 13.3 Å². The molecule has 0 fully saturated rings. The smallest absolute Gasteiger partial charge is 0.296 e. The highest BCUT2D eigenvalue weighted by Gasteiger charge is 2.13. The Morgan fingerprint density at radius 2 is 2.39 bits per heavy atom. The Bertz CT molecular complexity index is 488. The third kappa shape index (κ3) is 4.50. The van der Waals surface area contributed by atoms with Crippen molar-refractivity contribution in [1.29, 1.82) is 0 Å². The third-order valence-corrected chi connectivity index (χ3v) is 2.23. The maximum Gasteiger partial charge on any atom is 0.296 e. The van der Waals surface area contributed by atoms with E-state index >= 15 is 0 Å². The number of amides is 1. The molecule has 0 atom stereocenters. The number of pyridine rings is 1. The predicted molar refractivity (Wildman–Crippen MR) is 68.2 cm³/mol. The summed E-state index contributed by atoms with van der Waals surface area (Å²) >= 11 is 5.64. The molecule has 1 amide bonds. The summed E-state index contributed by atoms with van der Waals surface area (Å²) in [7, 11) is 0. The Hall–Kier alpha value is -1.95. The van der Waals surface area contributed by atoms with Crippen molar-refractivity contribution in [2.24, 2.45) is 0 Å². The maximum atomic E-state index is 10.8. The van der Waals surface area contributed by atoms with Crippen LogP contribution in [0.4, 0.5) is 5.69 Å². The lowest BCUT2D eigenvalue weighted by Gasteiger charge is -1.98. The maximum absolute atomic E-state index is 10.8. The summed E-state index contributed by atoms with van der Waals surface area (Å²) in [6.07, 6.45) is 5.17. The number of rotatable bonds is 5. The van der Waals surface area contributed by atoms with Gasteiger partial charge in [0, 0.05) is 25.7 Å². The first-order chi connectivity index (χ1) is 8.50. The predicted octanol–water partition coefficient (Wildman–Crippen LogP) is 2.18. The van der Waals surface area contributed by atoms with Crippen LogP contribution in [0.25, 0.3) is 6.08 Å². The molecule has 6 nitrogen and oxygen atoms in total. The minimum Gasteiger partial charge on any atom is -0.356 e. The van der Waals surface area contributed by atoms with Gasteiger partial charge in [-0.05, 0) is 12.5 Å². The van der Waals surface area contributed by atoms with Gasteiger partial charge in [0.05, 0.1) is 9.95 Å². The Morgan fingerprint density at radius 3 is 3.00 bits per heavy atom. The molecule has 96 valence electrons. The van der Waals surface area contributed by atoms with Crippen LogP contribution >= 0.6 is 11.6 Å². The molecular formula is C11H12ClN3O3. The number of nitro groups is 1. The fraction of sp³-hybridized carbons (Fsp3) is 0.273. The molecule has 0 aliphatic heterocycles. The zero-order valence-corrected chi connectivity index (χ0v) is 10.5. The highest BCUT2D eigenvalue weighted by atomic mass is 35.5. The van der Waals surface area contributed by atoms with Gasteiger partial charge in [0.15, 0.2) is 0 Å². The Morgan fingerprint density at radius 1 is 1.67 bits per heavy atom. The zero-order chi connectivity index (χ0) is 13.5. The molecule has 0 aliphatic rings. The summed E-state index contributed by atoms with van der Waals surface area (Å²) in [5.74, 6) is -0.112. The van der Waals surface area contributed by atoms with Gasteiger partial charge in [-0.15, -0.1) is 0 Å². The van der Waals surface area contributed by atoms with Crippen LogP contribution in [-0.4, -0.2) is 22.4 Å². The molecule has 1 rings (SSSR count). The summed E-state index contributed by atoms with van der Waals surface area (Å²) in [4.78, 5) is 24.7. The lowest BCUT2D eigenvalue weighted by Crippen LogP contribution is -2.20. The number of hydrogen-bond acceptors (Lipinski definition) is 4. The van der Waals surface area contributed by atoms with Crippen molar-refractivity contribution in [2.75, 3.05) is 6.54 Å². The van der Waals surface area contributed by atoms with E-state index in [2.05, 4.69) is 10.3 Å².